The smallest absolute Gasteiger partial charge is 0.225 e. The fraction of sp³-hybridized carbons (Fsp3) is 0.588. The van der Waals surface area contributed by atoms with E-state index in [-0.39, 0.29) is 17.2 Å². The highest BCUT2D eigenvalue weighted by Crippen LogP contribution is 2.19. The van der Waals surface area contributed by atoms with Crippen LogP contribution in [0.1, 0.15) is 37.3 Å². The number of hydrogen-bond donors (Lipinski definition) is 2. The summed E-state index contributed by atoms with van der Waals surface area (Å²) in [5.74, 6) is 0.229. The minimum absolute atomic E-state index is 0.0587. The second-order valence-corrected chi connectivity index (χ2v) is 8.91. The van der Waals surface area contributed by atoms with Gasteiger partial charge in [0.25, 0.3) is 0 Å². The zero-order valence-electron chi connectivity index (χ0n) is 14.1. The lowest BCUT2D eigenvalue weighted by atomic mass is 10.1. The van der Waals surface area contributed by atoms with E-state index in [1.54, 1.807) is 0 Å². The van der Waals surface area contributed by atoms with Crippen molar-refractivity contribution in [3.05, 3.63) is 29.3 Å². The minimum atomic E-state index is -2.93. The number of sulfone groups is 1. The summed E-state index contributed by atoms with van der Waals surface area (Å²) in [6.07, 6.45) is 1.78. The van der Waals surface area contributed by atoms with Gasteiger partial charge in [0, 0.05) is 24.7 Å². The quantitative estimate of drug-likeness (QED) is 0.834. The first-order valence-corrected chi connectivity index (χ1v) is 9.81. The van der Waals surface area contributed by atoms with Gasteiger partial charge in [0.2, 0.25) is 5.91 Å². The van der Waals surface area contributed by atoms with Crippen molar-refractivity contribution in [1.29, 1.82) is 0 Å². The van der Waals surface area contributed by atoms with Gasteiger partial charge in [0.15, 0.2) is 9.84 Å². The number of benzene rings is 1. The predicted molar refractivity (Wildman–Crippen MR) is 93.4 cm³/mol. The Hall–Kier alpha value is -1.40. The van der Waals surface area contributed by atoms with Gasteiger partial charge in [0.05, 0.1) is 11.0 Å². The van der Waals surface area contributed by atoms with Gasteiger partial charge in [0.1, 0.15) is 0 Å². The van der Waals surface area contributed by atoms with Crippen LogP contribution in [0, 0.1) is 13.8 Å². The lowest BCUT2D eigenvalue weighted by Crippen LogP contribution is -2.37. The van der Waals surface area contributed by atoms with Gasteiger partial charge in [-0.15, -0.1) is 0 Å². The molecule has 128 valence electrons. The molecule has 1 aromatic carbocycles. The highest BCUT2D eigenvalue weighted by Gasteiger charge is 2.31. The number of nitrogens with one attached hydrogen (secondary N) is 2. The van der Waals surface area contributed by atoms with Crippen LogP contribution in [-0.2, 0) is 14.6 Å². The van der Waals surface area contributed by atoms with Crippen LogP contribution < -0.4 is 10.6 Å². The second-order valence-electron chi connectivity index (χ2n) is 6.51. The van der Waals surface area contributed by atoms with Crippen molar-refractivity contribution >= 4 is 21.4 Å². The van der Waals surface area contributed by atoms with Gasteiger partial charge in [-0.25, -0.2) is 8.42 Å². The fourth-order valence-electron chi connectivity index (χ4n) is 2.93. The summed E-state index contributed by atoms with van der Waals surface area (Å²) in [6, 6.07) is 5.85. The first-order valence-electron chi connectivity index (χ1n) is 8.10. The second kappa shape index (κ2) is 7.45. The van der Waals surface area contributed by atoms with Crippen LogP contribution in [0.5, 0.6) is 0 Å². The molecule has 23 heavy (non-hydrogen) atoms. The molecule has 0 spiro atoms. The molecule has 1 aliphatic heterocycles. The van der Waals surface area contributed by atoms with Gasteiger partial charge in [-0.05, 0) is 45.2 Å². The summed E-state index contributed by atoms with van der Waals surface area (Å²) < 4.78 is 23.6. The Bertz CT molecular complexity index is 670. The van der Waals surface area contributed by atoms with Gasteiger partial charge in [-0.3, -0.25) is 4.79 Å². The van der Waals surface area contributed by atoms with E-state index in [2.05, 4.69) is 10.6 Å². The van der Waals surface area contributed by atoms with Gasteiger partial charge >= 0.3 is 0 Å². The molecule has 2 atom stereocenters. The van der Waals surface area contributed by atoms with Crippen LogP contribution in [-0.4, -0.2) is 37.9 Å². The molecule has 0 unspecified atom stereocenters. The summed E-state index contributed by atoms with van der Waals surface area (Å²) in [5, 5.41) is 5.80. The van der Waals surface area contributed by atoms with Crippen molar-refractivity contribution in [2.75, 3.05) is 17.6 Å². The molecule has 5 nitrogen and oxygen atoms in total. The molecule has 2 rings (SSSR count). The maximum absolute atomic E-state index is 12.1. The summed E-state index contributed by atoms with van der Waals surface area (Å²) in [4.78, 5) is 12.1. The third kappa shape index (κ3) is 5.04. The first kappa shape index (κ1) is 17.9. The number of amides is 1. The Balaban J connectivity index is 1.80. The highest BCUT2D eigenvalue weighted by atomic mass is 32.2. The molecule has 0 radical (unpaired) electrons. The molecule has 1 saturated heterocycles. The minimum Gasteiger partial charge on any atom is -0.326 e. The zero-order valence-corrected chi connectivity index (χ0v) is 14.9. The summed E-state index contributed by atoms with van der Waals surface area (Å²) in [5.41, 5.74) is 3.02. The molecule has 1 aromatic rings. The van der Waals surface area contributed by atoms with Crippen LogP contribution in [0.4, 0.5) is 5.69 Å². The first-order chi connectivity index (χ1) is 10.8. The molecule has 0 saturated carbocycles. The van der Waals surface area contributed by atoms with E-state index in [9.17, 15) is 13.2 Å². The van der Waals surface area contributed by atoms with Crippen molar-refractivity contribution < 1.29 is 13.2 Å². The Morgan fingerprint density at radius 2 is 2.09 bits per heavy atom. The molecule has 6 heteroatoms. The van der Waals surface area contributed by atoms with Gasteiger partial charge in [-0.2, -0.15) is 0 Å². The van der Waals surface area contributed by atoms with Crippen molar-refractivity contribution in [2.45, 2.75) is 51.3 Å². The maximum Gasteiger partial charge on any atom is 0.225 e. The van der Waals surface area contributed by atoms with E-state index >= 15 is 0 Å². The number of hydrogen-bond acceptors (Lipinski definition) is 4. The summed E-state index contributed by atoms with van der Waals surface area (Å²) in [7, 11) is -2.93. The van der Waals surface area contributed by atoms with Crippen molar-refractivity contribution in [3.63, 3.8) is 0 Å². The van der Waals surface area contributed by atoms with Crippen LogP contribution >= 0.6 is 0 Å². The lowest BCUT2D eigenvalue weighted by molar-refractivity contribution is -0.116. The molecular formula is C17H26N2O3S. The lowest BCUT2D eigenvalue weighted by Gasteiger charge is -2.17. The van der Waals surface area contributed by atoms with E-state index < -0.39 is 9.84 Å². The van der Waals surface area contributed by atoms with Crippen LogP contribution in [0.3, 0.4) is 0 Å². The zero-order chi connectivity index (χ0) is 17.0. The predicted octanol–water partition coefficient (Wildman–Crippen LogP) is 2.19. The molecule has 1 fully saturated rings. The van der Waals surface area contributed by atoms with Gasteiger partial charge < -0.3 is 10.6 Å². The van der Waals surface area contributed by atoms with Crippen molar-refractivity contribution in [1.82, 2.24) is 5.32 Å². The Morgan fingerprint density at radius 3 is 2.70 bits per heavy atom. The fourth-order valence-corrected chi connectivity index (χ4v) is 4.70. The molecule has 1 aliphatic rings. The Kier molecular flexibility index (Phi) is 5.81. The van der Waals surface area contributed by atoms with E-state index in [4.69, 9.17) is 0 Å². The van der Waals surface area contributed by atoms with E-state index in [1.165, 1.54) is 0 Å². The number of rotatable bonds is 6. The topological polar surface area (TPSA) is 75.3 Å². The van der Waals surface area contributed by atoms with E-state index in [0.29, 0.717) is 18.7 Å². The Labute approximate surface area is 138 Å². The average Bonchev–Trinajstić information content (AvgIpc) is 2.78. The number of aryl methyl sites for hydroxylation is 2. The van der Waals surface area contributed by atoms with Crippen LogP contribution in [0.15, 0.2) is 18.2 Å². The largest absolute Gasteiger partial charge is 0.326 e. The van der Waals surface area contributed by atoms with E-state index in [1.807, 2.05) is 39.0 Å². The number of carbonyl (C=O) groups excluding carboxylic acids is 1. The standard InChI is InChI=1S/C17H26N2O3S/c1-12-6-7-16(13(2)9-12)19-17(20)10-14(3)18-11-15-5-4-8-23(15,21)22/h6-7,9,14-15,18H,4-5,8,10-11H2,1-3H3,(H,19,20)/t14-,15-/m0/s1. The Morgan fingerprint density at radius 1 is 1.35 bits per heavy atom. The van der Waals surface area contributed by atoms with Crippen molar-refractivity contribution in [2.24, 2.45) is 0 Å². The van der Waals surface area contributed by atoms with E-state index in [0.717, 1.165) is 29.7 Å². The normalized spacial score (nSPS) is 21.1. The molecule has 1 heterocycles. The van der Waals surface area contributed by atoms with Crippen LogP contribution in [0.25, 0.3) is 0 Å². The molecular weight excluding hydrogens is 312 g/mol. The maximum atomic E-state index is 12.1. The summed E-state index contributed by atoms with van der Waals surface area (Å²) >= 11 is 0. The number of anilines is 1. The SMILES string of the molecule is Cc1ccc(NC(=O)C[C@H](C)NC[C@@H]2CCCS2(=O)=O)c(C)c1. The molecule has 2 N–H and O–H groups in total. The third-order valence-electron chi connectivity index (χ3n) is 4.30. The van der Waals surface area contributed by atoms with Crippen LogP contribution in [0.2, 0.25) is 0 Å². The van der Waals surface area contributed by atoms with Gasteiger partial charge in [-0.1, -0.05) is 17.7 Å². The molecule has 1 amide bonds. The van der Waals surface area contributed by atoms with Crippen molar-refractivity contribution in [3.8, 4) is 0 Å². The summed E-state index contributed by atoms with van der Waals surface area (Å²) in [6.45, 7) is 6.32. The third-order valence-corrected chi connectivity index (χ3v) is 6.58. The molecule has 0 aliphatic carbocycles. The molecule has 0 bridgehead atoms. The number of carbonyl (C=O) groups is 1. The highest BCUT2D eigenvalue weighted by molar-refractivity contribution is 7.92. The average molecular weight is 338 g/mol. The monoisotopic (exact) mass is 338 g/mol. The molecule has 0 aromatic heterocycles.